The van der Waals surface area contributed by atoms with Gasteiger partial charge in [-0.1, -0.05) is 25.2 Å². The number of hydrogen-bond acceptors (Lipinski definition) is 2. The highest BCUT2D eigenvalue weighted by Gasteiger charge is 2.31. The number of aliphatic hydroxyl groups is 1. The van der Waals surface area contributed by atoms with E-state index >= 15 is 0 Å². The highest BCUT2D eigenvalue weighted by molar-refractivity contribution is 5.80. The molecule has 4 heteroatoms. The number of aliphatic hydroxyl groups excluding tert-OH is 1. The quantitative estimate of drug-likeness (QED) is 0.387. The number of nitrogens with zero attached hydrogens (tertiary/aromatic N) is 1. The van der Waals surface area contributed by atoms with Gasteiger partial charge in [-0.3, -0.25) is 4.99 Å². The molecule has 0 aromatic heterocycles. The van der Waals surface area contributed by atoms with Crippen molar-refractivity contribution in [1.82, 2.24) is 10.6 Å². The first-order chi connectivity index (χ1) is 9.26. The highest BCUT2D eigenvalue weighted by Crippen LogP contribution is 2.39. The van der Waals surface area contributed by atoms with E-state index in [1.807, 2.05) is 6.92 Å². The summed E-state index contributed by atoms with van der Waals surface area (Å²) in [6.45, 7) is 4.37. The average Bonchev–Trinajstić information content (AvgIpc) is 2.43. The normalized spacial score (nSPS) is 18.7. The third-order valence-electron chi connectivity index (χ3n) is 3.83. The molecule has 1 fully saturated rings. The van der Waals surface area contributed by atoms with E-state index in [0.717, 1.165) is 25.5 Å². The summed E-state index contributed by atoms with van der Waals surface area (Å²) in [5.41, 5.74) is 0.186. The summed E-state index contributed by atoms with van der Waals surface area (Å²) in [7, 11) is 0. The van der Waals surface area contributed by atoms with E-state index in [-0.39, 0.29) is 12.0 Å². The van der Waals surface area contributed by atoms with Crippen molar-refractivity contribution in [2.24, 2.45) is 10.4 Å². The Kier molecular flexibility index (Phi) is 7.35. The molecule has 1 saturated carbocycles. The average molecular weight is 265 g/mol. The molecule has 0 bridgehead atoms. The molecule has 1 aliphatic rings. The van der Waals surface area contributed by atoms with Crippen molar-refractivity contribution in [3.05, 3.63) is 0 Å². The zero-order chi connectivity index (χ0) is 14.0. The zero-order valence-electron chi connectivity index (χ0n) is 12.0. The van der Waals surface area contributed by atoms with E-state index in [1.165, 1.54) is 32.1 Å². The van der Waals surface area contributed by atoms with Crippen LogP contribution in [0.2, 0.25) is 0 Å². The van der Waals surface area contributed by atoms with Gasteiger partial charge >= 0.3 is 0 Å². The zero-order valence-corrected chi connectivity index (χ0v) is 12.0. The van der Waals surface area contributed by atoms with Crippen LogP contribution in [0.3, 0.4) is 0 Å². The van der Waals surface area contributed by atoms with Crippen molar-refractivity contribution in [2.45, 2.75) is 45.4 Å². The molecule has 4 nitrogen and oxygen atoms in total. The molecular formula is C15H27N3O. The Hall–Kier alpha value is -1.21. The van der Waals surface area contributed by atoms with Crippen LogP contribution in [0.5, 0.6) is 0 Å². The lowest BCUT2D eigenvalue weighted by molar-refractivity contribution is 0.137. The van der Waals surface area contributed by atoms with Gasteiger partial charge in [-0.25, -0.2) is 0 Å². The third kappa shape index (κ3) is 5.52. The van der Waals surface area contributed by atoms with E-state index in [1.54, 1.807) is 0 Å². The van der Waals surface area contributed by atoms with E-state index in [4.69, 9.17) is 6.42 Å². The molecule has 0 spiro atoms. The van der Waals surface area contributed by atoms with Crippen molar-refractivity contribution < 1.29 is 5.11 Å². The molecule has 0 amide bonds. The third-order valence-corrected chi connectivity index (χ3v) is 3.83. The van der Waals surface area contributed by atoms with E-state index in [0.29, 0.717) is 6.54 Å². The SMILES string of the molecule is C#CCNC(=NCC1(CCO)CCCCC1)NCC. The number of guanidine groups is 1. The fraction of sp³-hybridized carbons (Fsp3) is 0.800. The van der Waals surface area contributed by atoms with Gasteiger partial charge in [-0.05, 0) is 31.6 Å². The van der Waals surface area contributed by atoms with Crippen molar-refractivity contribution in [3.8, 4) is 12.3 Å². The van der Waals surface area contributed by atoms with Crippen LogP contribution < -0.4 is 10.6 Å². The summed E-state index contributed by atoms with van der Waals surface area (Å²) in [5, 5.41) is 15.6. The number of aliphatic imine (C=N–C) groups is 1. The molecule has 0 heterocycles. The second-order valence-electron chi connectivity index (χ2n) is 5.29. The first-order valence-corrected chi connectivity index (χ1v) is 7.33. The molecule has 108 valence electrons. The van der Waals surface area contributed by atoms with Gasteiger partial charge in [0.05, 0.1) is 6.54 Å². The number of hydrogen-bond donors (Lipinski definition) is 3. The Morgan fingerprint density at radius 3 is 2.63 bits per heavy atom. The van der Waals surface area contributed by atoms with Crippen molar-refractivity contribution in [2.75, 3.05) is 26.2 Å². The molecule has 19 heavy (non-hydrogen) atoms. The number of terminal acetylenes is 1. The fourth-order valence-electron chi connectivity index (χ4n) is 2.75. The minimum atomic E-state index is 0.186. The molecule has 0 radical (unpaired) electrons. The van der Waals surface area contributed by atoms with E-state index < -0.39 is 0 Å². The van der Waals surface area contributed by atoms with Crippen molar-refractivity contribution in [1.29, 1.82) is 0 Å². The summed E-state index contributed by atoms with van der Waals surface area (Å²) in [5.74, 6) is 3.34. The Morgan fingerprint density at radius 1 is 1.32 bits per heavy atom. The molecule has 0 aromatic rings. The van der Waals surface area contributed by atoms with Crippen LogP contribution in [0.25, 0.3) is 0 Å². The van der Waals surface area contributed by atoms with Gasteiger partial charge in [0, 0.05) is 19.7 Å². The Balaban J connectivity index is 2.62. The van der Waals surface area contributed by atoms with Gasteiger partial charge < -0.3 is 15.7 Å². The topological polar surface area (TPSA) is 56.7 Å². The molecule has 0 saturated heterocycles. The number of nitrogens with one attached hydrogen (secondary N) is 2. The predicted octanol–water partition coefficient (Wildman–Crippen LogP) is 1.51. The first kappa shape index (κ1) is 15.8. The van der Waals surface area contributed by atoms with Gasteiger partial charge in [0.15, 0.2) is 5.96 Å². The molecule has 1 rings (SSSR count). The second-order valence-corrected chi connectivity index (χ2v) is 5.29. The van der Waals surface area contributed by atoms with Crippen LogP contribution in [-0.4, -0.2) is 37.3 Å². The highest BCUT2D eigenvalue weighted by atomic mass is 16.3. The van der Waals surface area contributed by atoms with Gasteiger partial charge in [0.2, 0.25) is 0 Å². The summed E-state index contributed by atoms with van der Waals surface area (Å²) in [4.78, 5) is 4.65. The molecule has 0 aromatic carbocycles. The lowest BCUT2D eigenvalue weighted by Crippen LogP contribution is -2.39. The smallest absolute Gasteiger partial charge is 0.192 e. The van der Waals surface area contributed by atoms with Crippen LogP contribution in [0.4, 0.5) is 0 Å². The minimum Gasteiger partial charge on any atom is -0.396 e. The lowest BCUT2D eigenvalue weighted by atomic mass is 9.72. The van der Waals surface area contributed by atoms with Gasteiger partial charge in [0.1, 0.15) is 0 Å². The monoisotopic (exact) mass is 265 g/mol. The van der Waals surface area contributed by atoms with E-state index in [9.17, 15) is 5.11 Å². The van der Waals surface area contributed by atoms with Crippen LogP contribution in [0.1, 0.15) is 45.4 Å². The molecular weight excluding hydrogens is 238 g/mol. The second kappa shape index (κ2) is 8.82. The van der Waals surface area contributed by atoms with Crippen molar-refractivity contribution in [3.63, 3.8) is 0 Å². The van der Waals surface area contributed by atoms with Gasteiger partial charge in [-0.2, -0.15) is 0 Å². The molecule has 0 aliphatic heterocycles. The Bertz CT molecular complexity index is 308. The van der Waals surface area contributed by atoms with Crippen LogP contribution in [0, 0.1) is 17.8 Å². The largest absolute Gasteiger partial charge is 0.396 e. The summed E-state index contributed by atoms with van der Waals surface area (Å²) < 4.78 is 0. The first-order valence-electron chi connectivity index (χ1n) is 7.33. The number of rotatable bonds is 6. The maximum atomic E-state index is 9.29. The van der Waals surface area contributed by atoms with Crippen LogP contribution >= 0.6 is 0 Å². The van der Waals surface area contributed by atoms with E-state index in [2.05, 4.69) is 21.5 Å². The molecule has 0 unspecified atom stereocenters. The summed E-state index contributed by atoms with van der Waals surface area (Å²) in [6, 6.07) is 0. The minimum absolute atomic E-state index is 0.186. The molecule has 0 atom stereocenters. The Morgan fingerprint density at radius 2 is 2.05 bits per heavy atom. The van der Waals surface area contributed by atoms with Gasteiger partial charge in [0.25, 0.3) is 0 Å². The maximum Gasteiger partial charge on any atom is 0.192 e. The predicted molar refractivity (Wildman–Crippen MR) is 80.0 cm³/mol. The van der Waals surface area contributed by atoms with Gasteiger partial charge in [-0.15, -0.1) is 6.42 Å². The molecule has 3 N–H and O–H groups in total. The standard InChI is InChI=1S/C15H27N3O/c1-3-11-17-14(16-4-2)18-13-15(10-12-19)8-6-5-7-9-15/h1,19H,4-13H2,2H3,(H2,16,17,18). The van der Waals surface area contributed by atoms with Crippen LogP contribution in [-0.2, 0) is 0 Å². The van der Waals surface area contributed by atoms with Crippen molar-refractivity contribution >= 4 is 5.96 Å². The maximum absolute atomic E-state index is 9.29. The lowest BCUT2D eigenvalue weighted by Gasteiger charge is -2.35. The Labute approximate surface area is 117 Å². The fourth-order valence-corrected chi connectivity index (χ4v) is 2.75. The molecule has 1 aliphatic carbocycles. The van der Waals surface area contributed by atoms with Crippen LogP contribution in [0.15, 0.2) is 4.99 Å². The summed E-state index contributed by atoms with van der Waals surface area (Å²) in [6.07, 6.45) is 12.3. The summed E-state index contributed by atoms with van der Waals surface area (Å²) >= 11 is 0.